The van der Waals surface area contributed by atoms with Crippen molar-refractivity contribution in [1.82, 2.24) is 24.5 Å². The number of ether oxygens (including phenoxy) is 5. The molecule has 0 unspecified atom stereocenters. The van der Waals surface area contributed by atoms with E-state index in [-0.39, 0.29) is 18.8 Å². The van der Waals surface area contributed by atoms with Crippen LogP contribution in [-0.4, -0.2) is 82.3 Å². The number of rotatable bonds is 6. The number of hydrogen-bond donors (Lipinski definition) is 0. The molecule has 2 fully saturated rings. The highest BCUT2D eigenvalue weighted by Crippen LogP contribution is 2.46. The molecule has 0 spiro atoms. The van der Waals surface area contributed by atoms with Crippen LogP contribution in [0.1, 0.15) is 29.9 Å². The second-order valence-corrected chi connectivity index (χ2v) is 11.6. The Morgan fingerprint density at radius 3 is 2.80 bits per heavy atom. The van der Waals surface area contributed by atoms with E-state index in [1.165, 1.54) is 0 Å². The Labute approximate surface area is 241 Å². The molecule has 3 aliphatic rings. The Bertz CT molecular complexity index is 1590. The maximum atomic E-state index is 14.0. The van der Waals surface area contributed by atoms with Gasteiger partial charge in [-0.1, -0.05) is 0 Å². The predicted molar refractivity (Wildman–Crippen MR) is 151 cm³/mol. The Balaban J connectivity index is 1.34. The summed E-state index contributed by atoms with van der Waals surface area (Å²) in [5, 5.41) is 13.5. The molecule has 0 bridgehead atoms. The van der Waals surface area contributed by atoms with Gasteiger partial charge in [-0.2, -0.15) is 21.5 Å². The van der Waals surface area contributed by atoms with Gasteiger partial charge in [0.05, 0.1) is 63.2 Å². The summed E-state index contributed by atoms with van der Waals surface area (Å²) in [5.41, 5.74) is 4.99. The first kappa shape index (κ1) is 26.2. The van der Waals surface area contributed by atoms with E-state index >= 15 is 0 Å². The molecule has 1 aromatic carbocycles. The van der Waals surface area contributed by atoms with E-state index < -0.39 is 5.54 Å². The monoisotopic (exact) mass is 577 g/mol. The number of carbonyl (C=O) groups excluding carboxylic acids is 1. The van der Waals surface area contributed by atoms with Crippen LogP contribution in [0, 0.1) is 0 Å². The number of benzene rings is 1. The van der Waals surface area contributed by atoms with Gasteiger partial charge in [0.15, 0.2) is 12.0 Å². The zero-order valence-electron chi connectivity index (χ0n) is 23.2. The van der Waals surface area contributed by atoms with Gasteiger partial charge in [-0.15, -0.1) is 0 Å². The molecular weight excluding hydrogens is 546 g/mol. The summed E-state index contributed by atoms with van der Waals surface area (Å²) >= 11 is 1.58. The SMILES string of the molecule is COc1cc2c(cc1-c1cnn(CC3OCCO3)c1)-c1c(c(C(=O)N3CCOCC3(C)C)nn1-c1ccsc1)CO2. The number of nitrogens with zero attached hydrogens (tertiary/aromatic N) is 5. The van der Waals surface area contributed by atoms with Gasteiger partial charge in [-0.25, -0.2) is 4.68 Å². The van der Waals surface area contributed by atoms with Crippen LogP contribution in [0.5, 0.6) is 11.5 Å². The number of morpholine rings is 1. The fourth-order valence-corrected chi connectivity index (χ4v) is 6.26. The fourth-order valence-electron chi connectivity index (χ4n) is 5.64. The lowest BCUT2D eigenvalue weighted by Crippen LogP contribution is -2.55. The molecule has 0 N–H and O–H groups in total. The van der Waals surface area contributed by atoms with Gasteiger partial charge in [0.25, 0.3) is 5.91 Å². The zero-order chi connectivity index (χ0) is 28.1. The second kappa shape index (κ2) is 10.3. The number of thiophene rings is 1. The molecule has 3 aliphatic heterocycles. The lowest BCUT2D eigenvalue weighted by molar-refractivity contribution is -0.0545. The van der Waals surface area contributed by atoms with Crippen molar-refractivity contribution < 1.29 is 28.5 Å². The van der Waals surface area contributed by atoms with Gasteiger partial charge < -0.3 is 28.6 Å². The first-order chi connectivity index (χ1) is 19.9. The highest BCUT2D eigenvalue weighted by Gasteiger charge is 2.39. The Morgan fingerprint density at radius 2 is 2.05 bits per heavy atom. The molecule has 214 valence electrons. The average molecular weight is 578 g/mol. The van der Waals surface area contributed by atoms with Crippen LogP contribution < -0.4 is 9.47 Å². The van der Waals surface area contributed by atoms with E-state index in [0.717, 1.165) is 33.6 Å². The normalized spacial score (nSPS) is 18.2. The van der Waals surface area contributed by atoms with Gasteiger partial charge in [0, 0.05) is 46.4 Å². The third-order valence-electron chi connectivity index (χ3n) is 7.73. The summed E-state index contributed by atoms with van der Waals surface area (Å²) in [6, 6.07) is 5.93. The minimum absolute atomic E-state index is 0.123. The molecule has 2 saturated heterocycles. The molecule has 12 heteroatoms. The van der Waals surface area contributed by atoms with Gasteiger partial charge >= 0.3 is 0 Å². The molecule has 0 atom stereocenters. The molecule has 4 aromatic rings. The van der Waals surface area contributed by atoms with Gasteiger partial charge in [0.2, 0.25) is 0 Å². The standard InChI is InChI=1S/C29H31N5O6S/c1-29(2)17-37-6-5-33(29)28(35)26-22-15-40-24-11-23(36-3)20(18-12-30-32(13-18)14-25-38-7-8-39-25)10-21(24)27(22)34(31-26)19-4-9-41-16-19/h4,9-13,16,25H,5-8,14-15,17H2,1-3H3. The Hall–Kier alpha value is -3.71. The number of aromatic nitrogens is 4. The maximum absolute atomic E-state index is 14.0. The molecule has 0 saturated carbocycles. The second-order valence-electron chi connectivity index (χ2n) is 10.9. The van der Waals surface area contributed by atoms with Crippen molar-refractivity contribution in [3.8, 4) is 39.6 Å². The van der Waals surface area contributed by atoms with Crippen molar-refractivity contribution in [3.63, 3.8) is 0 Å². The quantitative estimate of drug-likeness (QED) is 0.339. The van der Waals surface area contributed by atoms with Crippen LogP contribution in [0.25, 0.3) is 28.1 Å². The first-order valence-electron chi connectivity index (χ1n) is 13.6. The van der Waals surface area contributed by atoms with Crippen LogP contribution in [-0.2, 0) is 27.4 Å². The lowest BCUT2D eigenvalue weighted by Gasteiger charge is -2.41. The minimum atomic E-state index is -0.447. The van der Waals surface area contributed by atoms with Crippen molar-refractivity contribution in [2.24, 2.45) is 0 Å². The van der Waals surface area contributed by atoms with Crippen LogP contribution in [0.3, 0.4) is 0 Å². The number of fused-ring (bicyclic) bond motifs is 3. The molecule has 0 aliphatic carbocycles. The third-order valence-corrected chi connectivity index (χ3v) is 8.40. The lowest BCUT2D eigenvalue weighted by atomic mass is 9.96. The van der Waals surface area contributed by atoms with Gasteiger partial charge in [-0.3, -0.25) is 9.48 Å². The number of carbonyl (C=O) groups is 1. The predicted octanol–water partition coefficient (Wildman–Crippen LogP) is 3.99. The van der Waals surface area contributed by atoms with Crippen LogP contribution in [0.2, 0.25) is 0 Å². The van der Waals surface area contributed by atoms with Crippen molar-refractivity contribution in [2.45, 2.75) is 38.8 Å². The smallest absolute Gasteiger partial charge is 0.275 e. The highest BCUT2D eigenvalue weighted by atomic mass is 32.1. The summed E-state index contributed by atoms with van der Waals surface area (Å²) in [4.78, 5) is 15.9. The summed E-state index contributed by atoms with van der Waals surface area (Å²) < 4.78 is 32.6. The van der Waals surface area contributed by atoms with Crippen molar-refractivity contribution >= 4 is 17.2 Å². The van der Waals surface area contributed by atoms with E-state index in [1.54, 1.807) is 24.6 Å². The molecular formula is C29H31N5O6S. The van der Waals surface area contributed by atoms with E-state index in [0.29, 0.717) is 56.7 Å². The Morgan fingerprint density at radius 1 is 1.20 bits per heavy atom. The fraction of sp³-hybridized carbons (Fsp3) is 0.414. The van der Waals surface area contributed by atoms with E-state index in [4.69, 9.17) is 28.8 Å². The van der Waals surface area contributed by atoms with E-state index in [2.05, 4.69) is 5.10 Å². The number of methoxy groups -OCH3 is 1. The van der Waals surface area contributed by atoms with Crippen LogP contribution in [0.15, 0.2) is 41.4 Å². The molecule has 6 heterocycles. The molecule has 41 heavy (non-hydrogen) atoms. The van der Waals surface area contributed by atoms with Crippen molar-refractivity contribution in [1.29, 1.82) is 0 Å². The summed E-state index contributed by atoms with van der Waals surface area (Å²) in [6.45, 7) is 7.40. The van der Waals surface area contributed by atoms with Gasteiger partial charge in [0.1, 0.15) is 18.1 Å². The largest absolute Gasteiger partial charge is 0.496 e. The third kappa shape index (κ3) is 4.60. The van der Waals surface area contributed by atoms with Crippen LogP contribution >= 0.6 is 11.3 Å². The summed E-state index contributed by atoms with van der Waals surface area (Å²) in [6.07, 6.45) is 3.44. The van der Waals surface area contributed by atoms with Crippen LogP contribution in [0.4, 0.5) is 0 Å². The topological polar surface area (TPSA) is 102 Å². The molecule has 11 nitrogen and oxygen atoms in total. The van der Waals surface area contributed by atoms with E-state index in [1.807, 2.05) is 63.3 Å². The van der Waals surface area contributed by atoms with Crippen molar-refractivity contribution in [3.05, 3.63) is 52.6 Å². The molecule has 0 radical (unpaired) electrons. The van der Waals surface area contributed by atoms with E-state index in [9.17, 15) is 4.79 Å². The molecule has 1 amide bonds. The molecule has 3 aromatic heterocycles. The van der Waals surface area contributed by atoms with Gasteiger partial charge in [-0.05, 0) is 31.4 Å². The molecule has 7 rings (SSSR count). The number of hydrogen-bond acceptors (Lipinski definition) is 9. The first-order valence-corrected chi connectivity index (χ1v) is 14.5. The highest BCUT2D eigenvalue weighted by molar-refractivity contribution is 7.08. The van der Waals surface area contributed by atoms with Crippen molar-refractivity contribution in [2.75, 3.05) is 40.1 Å². The zero-order valence-corrected chi connectivity index (χ0v) is 24.0. The minimum Gasteiger partial charge on any atom is -0.496 e. The number of amides is 1. The average Bonchev–Trinajstić information content (AvgIpc) is 3.79. The maximum Gasteiger partial charge on any atom is 0.275 e. The summed E-state index contributed by atoms with van der Waals surface area (Å²) in [5.74, 6) is 1.20. The summed E-state index contributed by atoms with van der Waals surface area (Å²) in [7, 11) is 1.64. The Kier molecular flexibility index (Phi) is 6.57.